The molecule has 0 spiro atoms. The lowest BCUT2D eigenvalue weighted by Crippen LogP contribution is -2.30. The number of rotatable bonds is 4. The Bertz CT molecular complexity index is 276. The summed E-state index contributed by atoms with van der Waals surface area (Å²) in [7, 11) is 2.14. The minimum atomic E-state index is 0.587. The molecule has 1 aromatic heterocycles. The molecule has 0 fully saturated rings. The Hall–Kier alpha value is -0.170. The van der Waals surface area contributed by atoms with E-state index in [1.807, 2.05) is 6.92 Å². The fourth-order valence-electron chi connectivity index (χ4n) is 1.13. The molecule has 0 bridgehead atoms. The zero-order valence-corrected chi connectivity index (χ0v) is 11.3. The maximum absolute atomic E-state index is 4.03. The lowest BCUT2D eigenvalue weighted by atomic mass is 10.3. The van der Waals surface area contributed by atoms with Gasteiger partial charge in [0.05, 0.1) is 0 Å². The van der Waals surface area contributed by atoms with Crippen molar-refractivity contribution in [2.45, 2.75) is 33.4 Å². The van der Waals surface area contributed by atoms with Crippen LogP contribution in [0.1, 0.15) is 19.7 Å². The van der Waals surface area contributed by atoms with Crippen LogP contribution in [0.5, 0.6) is 0 Å². The van der Waals surface area contributed by atoms with Crippen molar-refractivity contribution in [1.82, 2.24) is 19.7 Å². The zero-order valence-electron chi connectivity index (χ0n) is 9.16. The van der Waals surface area contributed by atoms with Gasteiger partial charge in [-0.05, 0) is 27.8 Å². The van der Waals surface area contributed by atoms with Gasteiger partial charge < -0.3 is 9.47 Å². The van der Waals surface area contributed by atoms with Gasteiger partial charge in [0.2, 0.25) is 0 Å². The average molecular weight is 308 g/mol. The highest BCUT2D eigenvalue weighted by atomic mass is 127. The second kappa shape index (κ2) is 5.06. The summed E-state index contributed by atoms with van der Waals surface area (Å²) in [4.78, 5) is 2.32. The van der Waals surface area contributed by atoms with Gasteiger partial charge in [0.1, 0.15) is 5.82 Å². The van der Waals surface area contributed by atoms with E-state index >= 15 is 0 Å². The van der Waals surface area contributed by atoms with Crippen LogP contribution in [0.15, 0.2) is 0 Å². The smallest absolute Gasteiger partial charge is 0.194 e. The molecule has 0 aliphatic carbocycles. The largest absolute Gasteiger partial charge is 0.305 e. The molecular weight excluding hydrogens is 291 g/mol. The summed E-state index contributed by atoms with van der Waals surface area (Å²) in [5, 5.41) is 8.05. The molecule has 14 heavy (non-hydrogen) atoms. The maximum atomic E-state index is 4.03. The Morgan fingerprint density at radius 3 is 2.50 bits per heavy atom. The van der Waals surface area contributed by atoms with E-state index < -0.39 is 0 Å². The van der Waals surface area contributed by atoms with Gasteiger partial charge >= 0.3 is 0 Å². The van der Waals surface area contributed by atoms with Crippen molar-refractivity contribution >= 4 is 22.6 Å². The summed E-state index contributed by atoms with van der Waals surface area (Å²) in [6.45, 7) is 8.39. The van der Waals surface area contributed by atoms with Gasteiger partial charge in [-0.3, -0.25) is 0 Å². The Morgan fingerprint density at radius 2 is 2.07 bits per heavy atom. The van der Waals surface area contributed by atoms with Crippen LogP contribution in [-0.4, -0.2) is 39.3 Å². The topological polar surface area (TPSA) is 34.0 Å². The Morgan fingerprint density at radius 1 is 1.43 bits per heavy atom. The molecule has 0 aliphatic rings. The van der Waals surface area contributed by atoms with Gasteiger partial charge in [-0.1, -0.05) is 0 Å². The van der Waals surface area contributed by atoms with Gasteiger partial charge in [-0.2, -0.15) is 0 Å². The van der Waals surface area contributed by atoms with E-state index in [1.54, 1.807) is 0 Å². The van der Waals surface area contributed by atoms with Crippen molar-refractivity contribution < 1.29 is 0 Å². The molecule has 0 aromatic carbocycles. The third-order valence-corrected chi connectivity index (χ3v) is 3.25. The monoisotopic (exact) mass is 308 g/mol. The first-order valence-electron chi connectivity index (χ1n) is 4.78. The van der Waals surface area contributed by atoms with E-state index in [1.165, 1.54) is 0 Å². The molecule has 4 nitrogen and oxygen atoms in total. The number of aryl methyl sites for hydroxylation is 1. The second-order valence-electron chi connectivity index (χ2n) is 3.74. The summed E-state index contributed by atoms with van der Waals surface area (Å²) >= 11 is 2.22. The summed E-state index contributed by atoms with van der Waals surface area (Å²) in [6, 6.07) is 0.587. The highest BCUT2D eigenvalue weighted by molar-refractivity contribution is 14.1. The molecule has 0 unspecified atom stereocenters. The van der Waals surface area contributed by atoms with Crippen LogP contribution in [-0.2, 0) is 6.54 Å². The summed E-state index contributed by atoms with van der Waals surface area (Å²) in [6.07, 6.45) is 0. The maximum Gasteiger partial charge on any atom is 0.194 e. The van der Waals surface area contributed by atoms with Gasteiger partial charge in [0.15, 0.2) is 3.83 Å². The van der Waals surface area contributed by atoms with Gasteiger partial charge in [0.25, 0.3) is 0 Å². The fraction of sp³-hybridized carbons (Fsp3) is 0.778. The third-order valence-electron chi connectivity index (χ3n) is 2.45. The number of likely N-dealkylation sites (N-methyl/N-ethyl adjacent to an activating group) is 1. The third kappa shape index (κ3) is 2.91. The van der Waals surface area contributed by atoms with Gasteiger partial charge in [-0.15, -0.1) is 10.2 Å². The molecular formula is C9H17IN4. The number of aromatic nitrogens is 3. The van der Waals surface area contributed by atoms with Crippen LogP contribution in [0.4, 0.5) is 0 Å². The summed E-state index contributed by atoms with van der Waals surface area (Å²) in [5.41, 5.74) is 0. The van der Waals surface area contributed by atoms with Crippen LogP contribution < -0.4 is 0 Å². The minimum Gasteiger partial charge on any atom is -0.305 e. The van der Waals surface area contributed by atoms with E-state index in [9.17, 15) is 0 Å². The Labute approximate surface area is 98.8 Å². The minimum absolute atomic E-state index is 0.587. The molecule has 0 atom stereocenters. The van der Waals surface area contributed by atoms with Crippen molar-refractivity contribution in [3.63, 3.8) is 0 Å². The summed E-state index contributed by atoms with van der Waals surface area (Å²) in [5.74, 6) is 0.992. The zero-order chi connectivity index (χ0) is 10.7. The fourth-order valence-corrected chi connectivity index (χ4v) is 1.82. The first-order valence-corrected chi connectivity index (χ1v) is 5.85. The lowest BCUT2D eigenvalue weighted by molar-refractivity contribution is 0.261. The molecule has 0 saturated carbocycles. The molecule has 1 heterocycles. The predicted molar refractivity (Wildman–Crippen MR) is 65.2 cm³/mol. The molecule has 5 heteroatoms. The predicted octanol–water partition coefficient (Wildman–Crippen LogP) is 1.53. The Kier molecular flexibility index (Phi) is 4.31. The average Bonchev–Trinajstić information content (AvgIpc) is 2.43. The van der Waals surface area contributed by atoms with E-state index in [0.717, 1.165) is 22.7 Å². The second-order valence-corrected chi connectivity index (χ2v) is 4.71. The normalized spacial score (nSPS) is 11.6. The van der Waals surface area contributed by atoms with Crippen molar-refractivity contribution in [1.29, 1.82) is 0 Å². The molecule has 0 amide bonds. The highest BCUT2D eigenvalue weighted by Crippen LogP contribution is 2.04. The van der Waals surface area contributed by atoms with Crippen LogP contribution in [0.25, 0.3) is 0 Å². The van der Waals surface area contributed by atoms with Gasteiger partial charge in [0, 0.05) is 41.7 Å². The van der Waals surface area contributed by atoms with Crippen LogP contribution in [0, 0.1) is 10.8 Å². The molecule has 0 N–H and O–H groups in total. The molecule has 1 rings (SSSR count). The quantitative estimate of drug-likeness (QED) is 0.791. The van der Waals surface area contributed by atoms with Crippen LogP contribution in [0.3, 0.4) is 0 Å². The van der Waals surface area contributed by atoms with Gasteiger partial charge in [-0.25, -0.2) is 0 Å². The first kappa shape index (κ1) is 11.9. The molecule has 0 radical (unpaired) electrons. The van der Waals surface area contributed by atoms with E-state index in [0.29, 0.717) is 6.04 Å². The van der Waals surface area contributed by atoms with E-state index in [4.69, 9.17) is 0 Å². The van der Waals surface area contributed by atoms with Crippen LogP contribution in [0.2, 0.25) is 0 Å². The number of halogens is 1. The van der Waals surface area contributed by atoms with Crippen LogP contribution >= 0.6 is 22.6 Å². The highest BCUT2D eigenvalue weighted by Gasteiger charge is 2.07. The lowest BCUT2D eigenvalue weighted by Gasteiger charge is -2.21. The summed E-state index contributed by atoms with van der Waals surface area (Å²) < 4.78 is 3.11. The number of hydrogen-bond acceptors (Lipinski definition) is 3. The molecule has 0 saturated heterocycles. The van der Waals surface area contributed by atoms with E-state index in [2.05, 4.69) is 63.2 Å². The van der Waals surface area contributed by atoms with Crippen molar-refractivity contribution in [2.24, 2.45) is 0 Å². The molecule has 1 aromatic rings. The van der Waals surface area contributed by atoms with Crippen molar-refractivity contribution in [3.05, 3.63) is 9.66 Å². The number of nitrogens with zero attached hydrogens (tertiary/aromatic N) is 4. The number of hydrogen-bond donors (Lipinski definition) is 0. The Balaban J connectivity index is 2.53. The molecule has 80 valence electrons. The standard InChI is InChI=1S/C9H17IN4/c1-7(2)13(4)5-6-14-8(3)11-12-9(14)10/h7H,5-6H2,1-4H3. The first-order chi connectivity index (χ1) is 6.52. The van der Waals surface area contributed by atoms with Crippen molar-refractivity contribution in [3.8, 4) is 0 Å². The van der Waals surface area contributed by atoms with E-state index in [-0.39, 0.29) is 0 Å². The van der Waals surface area contributed by atoms with Crippen molar-refractivity contribution in [2.75, 3.05) is 13.6 Å². The molecule has 0 aliphatic heterocycles. The SMILES string of the molecule is Cc1nnc(I)n1CCN(C)C(C)C.